The zero-order valence-corrected chi connectivity index (χ0v) is 10.8. The van der Waals surface area contributed by atoms with Crippen LogP contribution in [0.15, 0.2) is 18.2 Å². The van der Waals surface area contributed by atoms with Gasteiger partial charge in [0.15, 0.2) is 0 Å². The van der Waals surface area contributed by atoms with Crippen LogP contribution in [0.5, 0.6) is 0 Å². The highest BCUT2D eigenvalue weighted by Gasteiger charge is 2.23. The average molecular weight is 264 g/mol. The van der Waals surface area contributed by atoms with Crippen molar-refractivity contribution in [3.05, 3.63) is 29.6 Å². The number of hydrogen-bond donors (Lipinski definition) is 2. The molecule has 0 aromatic heterocycles. The smallest absolute Gasteiger partial charge is 0.246 e. The van der Waals surface area contributed by atoms with Crippen molar-refractivity contribution in [1.82, 2.24) is 5.32 Å². The van der Waals surface area contributed by atoms with Gasteiger partial charge in [0.2, 0.25) is 11.8 Å². The van der Waals surface area contributed by atoms with Gasteiger partial charge < -0.3 is 10.6 Å². The zero-order valence-electron chi connectivity index (χ0n) is 10.8. The first-order chi connectivity index (χ1) is 9.06. The van der Waals surface area contributed by atoms with Crippen molar-refractivity contribution in [2.45, 2.75) is 38.6 Å². The van der Waals surface area contributed by atoms with E-state index >= 15 is 0 Å². The second-order valence-electron chi connectivity index (χ2n) is 4.82. The zero-order chi connectivity index (χ0) is 13.8. The number of anilines is 1. The van der Waals surface area contributed by atoms with Crippen LogP contribution in [0.25, 0.3) is 0 Å². The van der Waals surface area contributed by atoms with Crippen LogP contribution in [0.1, 0.15) is 31.2 Å². The molecule has 0 aliphatic carbocycles. The summed E-state index contributed by atoms with van der Waals surface area (Å²) in [4.78, 5) is 23.4. The van der Waals surface area contributed by atoms with Gasteiger partial charge in [-0.3, -0.25) is 9.59 Å². The predicted octanol–water partition coefficient (Wildman–Crippen LogP) is 2.13. The molecule has 0 bridgehead atoms. The van der Waals surface area contributed by atoms with E-state index in [2.05, 4.69) is 10.6 Å². The summed E-state index contributed by atoms with van der Waals surface area (Å²) < 4.78 is 13.4. The molecule has 4 nitrogen and oxygen atoms in total. The van der Waals surface area contributed by atoms with E-state index in [-0.39, 0.29) is 17.6 Å². The summed E-state index contributed by atoms with van der Waals surface area (Å²) in [6, 6.07) is 4.01. The third-order valence-electron chi connectivity index (χ3n) is 3.24. The Labute approximate surface area is 111 Å². The average Bonchev–Trinajstić information content (AvgIpc) is 2.58. The molecule has 1 aromatic carbocycles. The van der Waals surface area contributed by atoms with Crippen molar-refractivity contribution in [2.75, 3.05) is 5.32 Å². The highest BCUT2D eigenvalue weighted by Crippen LogP contribution is 2.15. The summed E-state index contributed by atoms with van der Waals surface area (Å²) >= 11 is 0. The third-order valence-corrected chi connectivity index (χ3v) is 3.24. The molecule has 0 saturated carbocycles. The number of carbonyl (C=O) groups is 2. The van der Waals surface area contributed by atoms with Gasteiger partial charge >= 0.3 is 0 Å². The molecule has 0 radical (unpaired) electrons. The largest absolute Gasteiger partial charge is 0.344 e. The van der Waals surface area contributed by atoms with E-state index in [0.29, 0.717) is 24.1 Å². The van der Waals surface area contributed by atoms with Gasteiger partial charge in [-0.2, -0.15) is 0 Å². The summed E-state index contributed by atoms with van der Waals surface area (Å²) in [7, 11) is 0. The van der Waals surface area contributed by atoms with Crippen LogP contribution in [0, 0.1) is 12.7 Å². The van der Waals surface area contributed by atoms with Gasteiger partial charge in [-0.25, -0.2) is 4.39 Å². The van der Waals surface area contributed by atoms with Crippen molar-refractivity contribution < 1.29 is 14.0 Å². The molecule has 1 unspecified atom stereocenters. The molecule has 1 fully saturated rings. The first-order valence-electron chi connectivity index (χ1n) is 6.42. The summed E-state index contributed by atoms with van der Waals surface area (Å²) in [6.07, 6.45) is 2.71. The van der Waals surface area contributed by atoms with E-state index in [4.69, 9.17) is 0 Å². The second-order valence-corrected chi connectivity index (χ2v) is 4.82. The van der Waals surface area contributed by atoms with Crippen molar-refractivity contribution in [3.8, 4) is 0 Å². The molecular weight excluding hydrogens is 247 g/mol. The number of nitrogens with one attached hydrogen (secondary N) is 2. The maximum atomic E-state index is 13.4. The molecule has 1 saturated heterocycles. The Hall–Kier alpha value is -1.91. The number of benzene rings is 1. The Balaban J connectivity index is 2.03. The molecular formula is C14H17FN2O2. The number of amides is 2. The van der Waals surface area contributed by atoms with E-state index in [1.807, 2.05) is 0 Å². The Morgan fingerprint density at radius 2 is 2.21 bits per heavy atom. The molecule has 5 heteroatoms. The summed E-state index contributed by atoms with van der Waals surface area (Å²) in [5, 5.41) is 5.31. The molecule has 1 aliphatic heterocycles. The predicted molar refractivity (Wildman–Crippen MR) is 70.2 cm³/mol. The quantitative estimate of drug-likeness (QED) is 0.859. The molecule has 1 aliphatic rings. The van der Waals surface area contributed by atoms with Crippen LogP contribution in [-0.2, 0) is 9.59 Å². The molecule has 1 aromatic rings. The van der Waals surface area contributed by atoms with Gasteiger partial charge in [0.25, 0.3) is 0 Å². The number of hydrogen-bond acceptors (Lipinski definition) is 2. The lowest BCUT2D eigenvalue weighted by Gasteiger charge is -2.15. The lowest BCUT2D eigenvalue weighted by molar-refractivity contribution is -0.125. The lowest BCUT2D eigenvalue weighted by Crippen LogP contribution is -2.42. The summed E-state index contributed by atoms with van der Waals surface area (Å²) in [5.74, 6) is -0.756. The number of carbonyl (C=O) groups excluding carboxylic acids is 2. The SMILES string of the molecule is Cc1ccc(NC(=O)C2CCCCC(=O)N2)cc1F. The Morgan fingerprint density at radius 1 is 1.42 bits per heavy atom. The monoisotopic (exact) mass is 264 g/mol. The lowest BCUT2D eigenvalue weighted by atomic mass is 10.1. The van der Waals surface area contributed by atoms with Crippen molar-refractivity contribution in [1.29, 1.82) is 0 Å². The molecule has 2 rings (SSSR count). The molecule has 0 spiro atoms. The van der Waals surface area contributed by atoms with Crippen LogP contribution in [0.3, 0.4) is 0 Å². The second kappa shape index (κ2) is 5.82. The molecule has 2 amide bonds. The van der Waals surface area contributed by atoms with E-state index < -0.39 is 6.04 Å². The fourth-order valence-electron chi connectivity index (χ4n) is 2.07. The normalized spacial score (nSPS) is 19.5. The van der Waals surface area contributed by atoms with Gasteiger partial charge in [0.1, 0.15) is 11.9 Å². The van der Waals surface area contributed by atoms with Crippen LogP contribution in [0.2, 0.25) is 0 Å². The van der Waals surface area contributed by atoms with E-state index in [9.17, 15) is 14.0 Å². The maximum absolute atomic E-state index is 13.4. The molecule has 102 valence electrons. The first-order valence-corrected chi connectivity index (χ1v) is 6.42. The fourth-order valence-corrected chi connectivity index (χ4v) is 2.07. The van der Waals surface area contributed by atoms with E-state index in [1.54, 1.807) is 19.1 Å². The van der Waals surface area contributed by atoms with Crippen LogP contribution in [-0.4, -0.2) is 17.9 Å². The van der Waals surface area contributed by atoms with Gasteiger partial charge in [-0.15, -0.1) is 0 Å². The molecule has 1 atom stereocenters. The summed E-state index contributed by atoms with van der Waals surface area (Å²) in [6.45, 7) is 1.66. The number of rotatable bonds is 2. The number of halogens is 1. The standard InChI is InChI=1S/C14H17FN2O2/c1-9-6-7-10(8-11(9)15)16-14(19)12-4-2-3-5-13(18)17-12/h6-8,12H,2-5H2,1H3,(H,16,19)(H,17,18). The van der Waals surface area contributed by atoms with E-state index in [1.165, 1.54) is 6.07 Å². The molecule has 19 heavy (non-hydrogen) atoms. The highest BCUT2D eigenvalue weighted by molar-refractivity contribution is 5.97. The first kappa shape index (κ1) is 13.5. The van der Waals surface area contributed by atoms with Crippen molar-refractivity contribution in [3.63, 3.8) is 0 Å². The van der Waals surface area contributed by atoms with Crippen molar-refractivity contribution >= 4 is 17.5 Å². The van der Waals surface area contributed by atoms with Crippen molar-refractivity contribution in [2.24, 2.45) is 0 Å². The third kappa shape index (κ3) is 3.53. The maximum Gasteiger partial charge on any atom is 0.246 e. The highest BCUT2D eigenvalue weighted by atomic mass is 19.1. The Bertz CT molecular complexity index is 502. The van der Waals surface area contributed by atoms with Gasteiger partial charge in [0.05, 0.1) is 0 Å². The minimum atomic E-state index is -0.528. The van der Waals surface area contributed by atoms with Crippen LogP contribution >= 0.6 is 0 Å². The van der Waals surface area contributed by atoms with Gasteiger partial charge in [-0.05, 0) is 37.5 Å². The minimum absolute atomic E-state index is 0.104. The summed E-state index contributed by atoms with van der Waals surface area (Å²) in [5.41, 5.74) is 0.937. The van der Waals surface area contributed by atoms with E-state index in [0.717, 1.165) is 12.8 Å². The Kier molecular flexibility index (Phi) is 4.14. The van der Waals surface area contributed by atoms with Gasteiger partial charge in [0, 0.05) is 12.1 Å². The topological polar surface area (TPSA) is 58.2 Å². The number of aryl methyl sites for hydroxylation is 1. The minimum Gasteiger partial charge on any atom is -0.344 e. The molecule has 1 heterocycles. The molecule has 2 N–H and O–H groups in total. The Morgan fingerprint density at radius 3 is 2.95 bits per heavy atom. The van der Waals surface area contributed by atoms with Gasteiger partial charge in [-0.1, -0.05) is 12.5 Å². The van der Waals surface area contributed by atoms with Crippen LogP contribution < -0.4 is 10.6 Å². The van der Waals surface area contributed by atoms with Crippen LogP contribution in [0.4, 0.5) is 10.1 Å². The fraction of sp³-hybridized carbons (Fsp3) is 0.429.